The SMILES string of the molecule is CCC(N)c1cc(-c2ccc(F)cc2Br)no1. The fourth-order valence-corrected chi connectivity index (χ4v) is 2.04. The molecule has 3 nitrogen and oxygen atoms in total. The Bertz CT molecular complexity index is 527. The van der Waals surface area contributed by atoms with Gasteiger partial charge < -0.3 is 10.3 Å². The van der Waals surface area contributed by atoms with Gasteiger partial charge in [0, 0.05) is 16.1 Å². The number of rotatable bonds is 3. The van der Waals surface area contributed by atoms with Crippen LogP contribution in [0.15, 0.2) is 33.3 Å². The minimum absolute atomic E-state index is 0.157. The number of aromatic nitrogens is 1. The van der Waals surface area contributed by atoms with Crippen LogP contribution < -0.4 is 5.73 Å². The van der Waals surface area contributed by atoms with Crippen molar-refractivity contribution in [1.82, 2.24) is 5.16 Å². The van der Waals surface area contributed by atoms with Crippen molar-refractivity contribution < 1.29 is 8.91 Å². The molecule has 2 N–H and O–H groups in total. The Kier molecular flexibility index (Phi) is 3.59. The molecule has 0 bridgehead atoms. The zero-order valence-corrected chi connectivity index (χ0v) is 10.9. The van der Waals surface area contributed by atoms with Crippen molar-refractivity contribution in [1.29, 1.82) is 0 Å². The second-order valence-electron chi connectivity index (χ2n) is 3.75. The van der Waals surface area contributed by atoms with E-state index < -0.39 is 0 Å². The summed E-state index contributed by atoms with van der Waals surface area (Å²) in [7, 11) is 0. The van der Waals surface area contributed by atoms with Gasteiger partial charge in [0.1, 0.15) is 11.5 Å². The van der Waals surface area contributed by atoms with Gasteiger partial charge in [-0.1, -0.05) is 12.1 Å². The molecule has 1 unspecified atom stereocenters. The predicted molar refractivity (Wildman–Crippen MR) is 66.8 cm³/mol. The lowest BCUT2D eigenvalue weighted by atomic mass is 10.1. The standard InChI is InChI=1S/C12H12BrFN2O/c1-2-10(15)12-6-11(16-17-12)8-4-3-7(14)5-9(8)13/h3-6,10H,2,15H2,1H3. The summed E-state index contributed by atoms with van der Waals surface area (Å²) in [4.78, 5) is 0. The predicted octanol–water partition coefficient (Wildman–Crippen LogP) is 3.65. The fourth-order valence-electron chi connectivity index (χ4n) is 1.49. The summed E-state index contributed by atoms with van der Waals surface area (Å²) < 4.78 is 18.8. The Balaban J connectivity index is 2.37. The lowest BCUT2D eigenvalue weighted by Gasteiger charge is -2.01. The van der Waals surface area contributed by atoms with Gasteiger partial charge >= 0.3 is 0 Å². The number of halogens is 2. The zero-order chi connectivity index (χ0) is 12.4. The van der Waals surface area contributed by atoms with E-state index in [1.165, 1.54) is 12.1 Å². The number of nitrogens with zero attached hydrogens (tertiary/aromatic N) is 1. The highest BCUT2D eigenvalue weighted by Crippen LogP contribution is 2.29. The summed E-state index contributed by atoms with van der Waals surface area (Å²) in [5.41, 5.74) is 7.27. The van der Waals surface area contributed by atoms with E-state index >= 15 is 0 Å². The molecule has 0 saturated carbocycles. The number of benzene rings is 1. The van der Waals surface area contributed by atoms with Crippen LogP contribution in [0.1, 0.15) is 25.1 Å². The van der Waals surface area contributed by atoms with Gasteiger partial charge in [-0.3, -0.25) is 0 Å². The number of nitrogens with two attached hydrogens (primary N) is 1. The Labute approximate surface area is 107 Å². The first kappa shape index (κ1) is 12.3. The van der Waals surface area contributed by atoms with E-state index in [4.69, 9.17) is 10.3 Å². The van der Waals surface area contributed by atoms with Crippen LogP contribution in [0.5, 0.6) is 0 Å². The van der Waals surface area contributed by atoms with Gasteiger partial charge in [-0.05, 0) is 40.5 Å². The third kappa shape index (κ3) is 2.56. The van der Waals surface area contributed by atoms with Gasteiger partial charge in [0.25, 0.3) is 0 Å². The summed E-state index contributed by atoms with van der Waals surface area (Å²) in [6.45, 7) is 1.97. The van der Waals surface area contributed by atoms with Gasteiger partial charge in [-0.15, -0.1) is 0 Å². The summed E-state index contributed by atoms with van der Waals surface area (Å²) >= 11 is 3.29. The summed E-state index contributed by atoms with van der Waals surface area (Å²) in [5.74, 6) is 0.341. The maximum atomic E-state index is 13.0. The molecule has 0 saturated heterocycles. The molecule has 0 aliphatic heterocycles. The average Bonchev–Trinajstić information content (AvgIpc) is 2.77. The van der Waals surface area contributed by atoms with E-state index in [1.54, 1.807) is 12.1 Å². The van der Waals surface area contributed by atoms with E-state index in [-0.39, 0.29) is 11.9 Å². The van der Waals surface area contributed by atoms with Crippen molar-refractivity contribution in [3.05, 3.63) is 40.3 Å². The van der Waals surface area contributed by atoms with E-state index in [0.29, 0.717) is 15.9 Å². The van der Waals surface area contributed by atoms with Crippen LogP contribution in [-0.4, -0.2) is 5.16 Å². The van der Waals surface area contributed by atoms with Crippen LogP contribution >= 0.6 is 15.9 Å². The molecule has 0 aliphatic carbocycles. The first-order valence-corrected chi connectivity index (χ1v) is 6.08. The van der Waals surface area contributed by atoms with Gasteiger partial charge in [0.2, 0.25) is 0 Å². The van der Waals surface area contributed by atoms with Crippen LogP contribution in [-0.2, 0) is 0 Å². The zero-order valence-electron chi connectivity index (χ0n) is 9.28. The van der Waals surface area contributed by atoms with E-state index in [2.05, 4.69) is 21.1 Å². The molecule has 0 radical (unpaired) electrons. The monoisotopic (exact) mass is 298 g/mol. The second-order valence-corrected chi connectivity index (χ2v) is 4.61. The lowest BCUT2D eigenvalue weighted by molar-refractivity contribution is 0.360. The Morgan fingerprint density at radius 3 is 2.88 bits per heavy atom. The van der Waals surface area contributed by atoms with Gasteiger partial charge in [-0.25, -0.2) is 4.39 Å². The molecule has 2 aromatic rings. The molecule has 5 heteroatoms. The third-order valence-electron chi connectivity index (χ3n) is 2.54. The molecule has 0 amide bonds. The van der Waals surface area contributed by atoms with Gasteiger partial charge in [0.15, 0.2) is 5.76 Å². The second kappa shape index (κ2) is 4.98. The molecule has 2 rings (SSSR count). The first-order chi connectivity index (χ1) is 8.11. The molecular formula is C12H12BrFN2O. The van der Waals surface area contributed by atoms with Crippen molar-refractivity contribution in [3.8, 4) is 11.3 Å². The topological polar surface area (TPSA) is 52.0 Å². The van der Waals surface area contributed by atoms with Crippen molar-refractivity contribution in [3.63, 3.8) is 0 Å². The molecule has 0 aliphatic rings. The molecule has 1 aromatic heterocycles. The van der Waals surface area contributed by atoms with Crippen LogP contribution in [0.2, 0.25) is 0 Å². The first-order valence-electron chi connectivity index (χ1n) is 5.29. The smallest absolute Gasteiger partial charge is 0.154 e. The molecule has 0 spiro atoms. The minimum atomic E-state index is -0.297. The number of hydrogen-bond donors (Lipinski definition) is 1. The van der Waals surface area contributed by atoms with Crippen LogP contribution in [0.4, 0.5) is 4.39 Å². The van der Waals surface area contributed by atoms with Crippen LogP contribution in [0.3, 0.4) is 0 Å². The van der Waals surface area contributed by atoms with Crippen molar-refractivity contribution in [2.45, 2.75) is 19.4 Å². The quantitative estimate of drug-likeness (QED) is 0.941. The molecule has 1 aromatic carbocycles. The average molecular weight is 299 g/mol. The van der Waals surface area contributed by atoms with Crippen molar-refractivity contribution >= 4 is 15.9 Å². The van der Waals surface area contributed by atoms with E-state index in [0.717, 1.165) is 12.0 Å². The maximum absolute atomic E-state index is 13.0. The van der Waals surface area contributed by atoms with Gasteiger partial charge in [0.05, 0.1) is 6.04 Å². The van der Waals surface area contributed by atoms with Crippen LogP contribution in [0.25, 0.3) is 11.3 Å². The lowest BCUT2D eigenvalue weighted by Crippen LogP contribution is -2.06. The largest absolute Gasteiger partial charge is 0.359 e. The molecule has 0 fully saturated rings. The van der Waals surface area contributed by atoms with Crippen molar-refractivity contribution in [2.75, 3.05) is 0 Å². The molecule has 17 heavy (non-hydrogen) atoms. The highest BCUT2D eigenvalue weighted by atomic mass is 79.9. The number of hydrogen-bond acceptors (Lipinski definition) is 3. The third-order valence-corrected chi connectivity index (χ3v) is 3.20. The summed E-state index contributed by atoms with van der Waals surface area (Å²) in [5, 5.41) is 3.94. The highest BCUT2D eigenvalue weighted by Gasteiger charge is 2.13. The normalized spacial score (nSPS) is 12.7. The fraction of sp³-hybridized carbons (Fsp3) is 0.250. The highest BCUT2D eigenvalue weighted by molar-refractivity contribution is 9.10. The minimum Gasteiger partial charge on any atom is -0.359 e. The Hall–Kier alpha value is -1.20. The molecule has 90 valence electrons. The van der Waals surface area contributed by atoms with Gasteiger partial charge in [-0.2, -0.15) is 0 Å². The Morgan fingerprint density at radius 1 is 1.47 bits per heavy atom. The summed E-state index contributed by atoms with van der Waals surface area (Å²) in [6.07, 6.45) is 0.777. The molecule has 1 atom stereocenters. The molecule has 1 heterocycles. The van der Waals surface area contributed by atoms with Crippen LogP contribution in [0, 0.1) is 5.82 Å². The molecular weight excluding hydrogens is 287 g/mol. The van der Waals surface area contributed by atoms with Crippen molar-refractivity contribution in [2.24, 2.45) is 5.73 Å². The summed E-state index contributed by atoms with van der Waals surface area (Å²) in [6, 6.07) is 6.05. The maximum Gasteiger partial charge on any atom is 0.154 e. The van der Waals surface area contributed by atoms with E-state index in [1.807, 2.05) is 6.92 Å². The van der Waals surface area contributed by atoms with E-state index in [9.17, 15) is 4.39 Å². The Morgan fingerprint density at radius 2 is 2.24 bits per heavy atom.